The fourth-order valence-electron chi connectivity index (χ4n) is 0.671. The van der Waals surface area contributed by atoms with Gasteiger partial charge in [-0.25, -0.2) is 4.68 Å². The molecule has 1 rings (SSSR count). The molecule has 6 heteroatoms. The summed E-state index contributed by atoms with van der Waals surface area (Å²) >= 11 is 0. The standard InChI is InChI=1S/C6H6N2O4/c9-4-1-5(10)8(7-2-4)3-6(11)12/h1-2,9H,3H2,(H,11,12). The van der Waals surface area contributed by atoms with Crippen LogP contribution in [0, 0.1) is 0 Å². The third-order valence-electron chi connectivity index (χ3n) is 1.14. The van der Waals surface area contributed by atoms with E-state index in [-0.39, 0.29) is 5.75 Å². The van der Waals surface area contributed by atoms with Gasteiger partial charge in [0.2, 0.25) is 0 Å². The second-order valence-corrected chi connectivity index (χ2v) is 2.10. The topological polar surface area (TPSA) is 92.4 Å². The van der Waals surface area contributed by atoms with Gasteiger partial charge in [-0.15, -0.1) is 0 Å². The van der Waals surface area contributed by atoms with E-state index >= 15 is 0 Å². The van der Waals surface area contributed by atoms with Crippen molar-refractivity contribution in [2.24, 2.45) is 0 Å². The first-order valence-corrected chi connectivity index (χ1v) is 3.07. The number of aromatic nitrogens is 2. The summed E-state index contributed by atoms with van der Waals surface area (Å²) in [5.41, 5.74) is -0.641. The molecular weight excluding hydrogens is 164 g/mol. The Morgan fingerprint density at radius 1 is 1.67 bits per heavy atom. The second-order valence-electron chi connectivity index (χ2n) is 2.10. The molecule has 1 aromatic heterocycles. The van der Waals surface area contributed by atoms with Crippen LogP contribution in [0.15, 0.2) is 17.1 Å². The fraction of sp³-hybridized carbons (Fsp3) is 0.167. The lowest BCUT2D eigenvalue weighted by molar-refractivity contribution is -0.138. The van der Waals surface area contributed by atoms with Crippen LogP contribution in [0.2, 0.25) is 0 Å². The zero-order valence-electron chi connectivity index (χ0n) is 5.97. The fourth-order valence-corrected chi connectivity index (χ4v) is 0.671. The Morgan fingerprint density at radius 3 is 2.83 bits per heavy atom. The highest BCUT2D eigenvalue weighted by Crippen LogP contribution is 1.97. The number of hydrogen-bond donors (Lipinski definition) is 2. The summed E-state index contributed by atoms with van der Waals surface area (Å²) in [4.78, 5) is 21.0. The molecule has 64 valence electrons. The molecule has 0 aromatic carbocycles. The van der Waals surface area contributed by atoms with Crippen LogP contribution in [-0.4, -0.2) is 26.0 Å². The lowest BCUT2D eigenvalue weighted by Gasteiger charge is -1.98. The smallest absolute Gasteiger partial charge is 0.325 e. The molecule has 0 amide bonds. The van der Waals surface area contributed by atoms with Crippen molar-refractivity contribution in [3.63, 3.8) is 0 Å². The van der Waals surface area contributed by atoms with Crippen LogP contribution in [0.25, 0.3) is 0 Å². The van der Waals surface area contributed by atoms with Crippen molar-refractivity contribution in [2.75, 3.05) is 0 Å². The first kappa shape index (κ1) is 8.25. The van der Waals surface area contributed by atoms with Crippen molar-refractivity contribution in [1.82, 2.24) is 9.78 Å². The van der Waals surface area contributed by atoms with Gasteiger partial charge in [0, 0.05) is 6.07 Å². The zero-order chi connectivity index (χ0) is 9.14. The average Bonchev–Trinajstić information content (AvgIpc) is 1.94. The van der Waals surface area contributed by atoms with Crippen LogP contribution >= 0.6 is 0 Å². The average molecular weight is 170 g/mol. The SMILES string of the molecule is O=C(O)Cn1ncc(O)cc1=O. The highest BCUT2D eigenvalue weighted by Gasteiger charge is 2.02. The number of aromatic hydroxyl groups is 1. The number of hydrogen-bond acceptors (Lipinski definition) is 4. The van der Waals surface area contributed by atoms with Gasteiger partial charge in [-0.1, -0.05) is 0 Å². The van der Waals surface area contributed by atoms with Crippen molar-refractivity contribution in [1.29, 1.82) is 0 Å². The first-order valence-electron chi connectivity index (χ1n) is 3.07. The molecule has 0 aliphatic heterocycles. The third-order valence-corrected chi connectivity index (χ3v) is 1.14. The maximum atomic E-state index is 10.9. The van der Waals surface area contributed by atoms with Gasteiger partial charge in [0.15, 0.2) is 0 Å². The van der Waals surface area contributed by atoms with Gasteiger partial charge in [-0.2, -0.15) is 5.10 Å². The van der Waals surface area contributed by atoms with E-state index in [2.05, 4.69) is 5.10 Å². The highest BCUT2D eigenvalue weighted by molar-refractivity contribution is 5.66. The molecule has 0 spiro atoms. The van der Waals surface area contributed by atoms with Crippen molar-refractivity contribution < 1.29 is 15.0 Å². The van der Waals surface area contributed by atoms with Gasteiger partial charge >= 0.3 is 5.97 Å². The van der Waals surface area contributed by atoms with E-state index in [1.165, 1.54) is 0 Å². The zero-order valence-corrected chi connectivity index (χ0v) is 5.97. The predicted molar refractivity (Wildman–Crippen MR) is 37.8 cm³/mol. The van der Waals surface area contributed by atoms with E-state index < -0.39 is 18.1 Å². The van der Waals surface area contributed by atoms with Crippen LogP contribution in [0.1, 0.15) is 0 Å². The van der Waals surface area contributed by atoms with E-state index in [0.717, 1.165) is 16.9 Å². The van der Waals surface area contributed by atoms with Gasteiger partial charge in [0.1, 0.15) is 12.3 Å². The van der Waals surface area contributed by atoms with Crippen LogP contribution < -0.4 is 5.56 Å². The number of rotatable bonds is 2. The van der Waals surface area contributed by atoms with Crippen LogP contribution in [0.4, 0.5) is 0 Å². The van der Waals surface area contributed by atoms with E-state index in [9.17, 15) is 9.59 Å². The lowest BCUT2D eigenvalue weighted by Crippen LogP contribution is -2.25. The summed E-state index contributed by atoms with van der Waals surface area (Å²) in [7, 11) is 0. The molecule has 0 fully saturated rings. The minimum Gasteiger partial charge on any atom is -0.506 e. The van der Waals surface area contributed by atoms with E-state index in [4.69, 9.17) is 10.2 Å². The molecule has 0 aliphatic rings. The summed E-state index contributed by atoms with van der Waals surface area (Å²) in [5, 5.41) is 20.4. The normalized spacial score (nSPS) is 9.67. The maximum absolute atomic E-state index is 10.9. The Kier molecular flexibility index (Phi) is 2.09. The minimum absolute atomic E-state index is 0.276. The molecule has 1 aromatic rings. The van der Waals surface area contributed by atoms with Gasteiger partial charge in [0.05, 0.1) is 6.20 Å². The molecule has 0 atom stereocenters. The van der Waals surface area contributed by atoms with Crippen molar-refractivity contribution >= 4 is 5.97 Å². The molecule has 0 unspecified atom stereocenters. The molecular formula is C6H6N2O4. The minimum atomic E-state index is -1.16. The first-order chi connectivity index (χ1) is 5.59. The van der Waals surface area contributed by atoms with Gasteiger partial charge < -0.3 is 10.2 Å². The van der Waals surface area contributed by atoms with Crippen LogP contribution in [0.5, 0.6) is 5.75 Å². The van der Waals surface area contributed by atoms with Crippen LogP contribution in [0.3, 0.4) is 0 Å². The summed E-state index contributed by atoms with van der Waals surface area (Å²) in [6, 6.07) is 0.899. The molecule has 6 nitrogen and oxygen atoms in total. The number of aliphatic carboxylic acids is 1. The second kappa shape index (κ2) is 3.04. The molecule has 0 bridgehead atoms. The van der Waals surface area contributed by atoms with E-state index in [0.29, 0.717) is 0 Å². The molecule has 2 N–H and O–H groups in total. The quantitative estimate of drug-likeness (QED) is 0.595. The van der Waals surface area contributed by atoms with Gasteiger partial charge in [0.25, 0.3) is 5.56 Å². The van der Waals surface area contributed by atoms with Gasteiger partial charge in [-0.3, -0.25) is 9.59 Å². The van der Waals surface area contributed by atoms with Crippen molar-refractivity contribution in [3.05, 3.63) is 22.6 Å². The van der Waals surface area contributed by atoms with E-state index in [1.807, 2.05) is 0 Å². The number of carboxylic acids is 1. The Labute approximate surface area is 66.7 Å². The van der Waals surface area contributed by atoms with E-state index in [1.54, 1.807) is 0 Å². The summed E-state index contributed by atoms with van der Waals surface area (Å²) in [6.07, 6.45) is 1.00. The Bertz CT molecular complexity index is 357. The van der Waals surface area contributed by atoms with Gasteiger partial charge in [-0.05, 0) is 0 Å². The van der Waals surface area contributed by atoms with Crippen LogP contribution in [-0.2, 0) is 11.3 Å². The molecule has 0 aliphatic carbocycles. The highest BCUT2D eigenvalue weighted by atomic mass is 16.4. The number of nitrogens with zero attached hydrogens (tertiary/aromatic N) is 2. The van der Waals surface area contributed by atoms with Crippen molar-refractivity contribution in [2.45, 2.75) is 6.54 Å². The molecule has 0 saturated carbocycles. The monoisotopic (exact) mass is 170 g/mol. The molecule has 0 radical (unpaired) electrons. The third kappa shape index (κ3) is 1.82. The maximum Gasteiger partial charge on any atom is 0.325 e. The Morgan fingerprint density at radius 2 is 2.33 bits per heavy atom. The number of carboxylic acid groups (broad SMARTS) is 1. The number of carbonyl (C=O) groups is 1. The Hall–Kier alpha value is -1.85. The lowest BCUT2D eigenvalue weighted by atomic mass is 10.5. The molecule has 12 heavy (non-hydrogen) atoms. The van der Waals surface area contributed by atoms with Crippen molar-refractivity contribution in [3.8, 4) is 5.75 Å². The Balaban J connectivity index is 3.02. The summed E-state index contributed by atoms with van der Waals surface area (Å²) < 4.78 is 0.738. The summed E-state index contributed by atoms with van der Waals surface area (Å²) in [6.45, 7) is -0.501. The molecule has 0 saturated heterocycles. The molecule has 1 heterocycles. The summed E-state index contributed by atoms with van der Waals surface area (Å²) in [5.74, 6) is -1.43. The predicted octanol–water partition coefficient (Wildman–Crippen LogP) is -0.967. The largest absolute Gasteiger partial charge is 0.506 e.